The maximum atomic E-state index is 12.8. The zero-order valence-corrected chi connectivity index (χ0v) is 12.9. The Hall–Kier alpha value is -3.22. The second-order valence-electron chi connectivity index (χ2n) is 5.19. The molecule has 7 heteroatoms. The van der Waals surface area contributed by atoms with Crippen LogP contribution in [-0.4, -0.2) is 16.2 Å². The molecule has 0 radical (unpaired) electrons. The molecule has 6 nitrogen and oxygen atoms in total. The van der Waals surface area contributed by atoms with Crippen molar-refractivity contribution in [3.05, 3.63) is 65.8 Å². The number of carbonyl (C=O) groups is 1. The van der Waals surface area contributed by atoms with E-state index in [4.69, 9.17) is 4.52 Å². The second-order valence-corrected chi connectivity index (χ2v) is 5.19. The summed E-state index contributed by atoms with van der Waals surface area (Å²) in [4.78, 5) is 16.0. The van der Waals surface area contributed by atoms with Gasteiger partial charge in [-0.3, -0.25) is 0 Å². The number of benzene rings is 2. The summed E-state index contributed by atoms with van der Waals surface area (Å²) in [7, 11) is 0. The van der Waals surface area contributed by atoms with Gasteiger partial charge in [0.25, 0.3) is 0 Å². The van der Waals surface area contributed by atoms with Crippen LogP contribution in [0.2, 0.25) is 0 Å². The third kappa shape index (κ3) is 3.95. The van der Waals surface area contributed by atoms with Crippen molar-refractivity contribution < 1.29 is 13.7 Å². The van der Waals surface area contributed by atoms with Gasteiger partial charge in [0.15, 0.2) is 0 Å². The van der Waals surface area contributed by atoms with Gasteiger partial charge >= 0.3 is 6.03 Å². The van der Waals surface area contributed by atoms with Crippen LogP contribution >= 0.6 is 0 Å². The van der Waals surface area contributed by atoms with Crippen LogP contribution in [0.15, 0.2) is 53.1 Å². The Labute approximate surface area is 137 Å². The fourth-order valence-corrected chi connectivity index (χ4v) is 2.01. The van der Waals surface area contributed by atoms with Gasteiger partial charge in [0.2, 0.25) is 11.7 Å². The van der Waals surface area contributed by atoms with E-state index < -0.39 is 6.03 Å². The van der Waals surface area contributed by atoms with Crippen LogP contribution in [0.3, 0.4) is 0 Å². The van der Waals surface area contributed by atoms with Crippen molar-refractivity contribution in [2.24, 2.45) is 0 Å². The average Bonchev–Trinajstić information content (AvgIpc) is 3.05. The molecule has 0 saturated carbocycles. The molecule has 2 amide bonds. The van der Waals surface area contributed by atoms with E-state index in [9.17, 15) is 9.18 Å². The Morgan fingerprint density at radius 3 is 2.54 bits per heavy atom. The van der Waals surface area contributed by atoms with Crippen LogP contribution in [-0.2, 0) is 6.54 Å². The molecule has 24 heavy (non-hydrogen) atoms. The molecule has 2 aromatic carbocycles. The number of halogens is 1. The molecule has 3 aromatic rings. The zero-order valence-electron chi connectivity index (χ0n) is 12.9. The first kappa shape index (κ1) is 15.7. The molecule has 0 aliphatic heterocycles. The molecule has 0 bridgehead atoms. The molecule has 1 aromatic heterocycles. The SMILES string of the molecule is Cc1ccc(-c2noc(CNC(=O)Nc3ccc(F)cc3)n2)cc1. The van der Waals surface area contributed by atoms with Crippen molar-refractivity contribution in [2.45, 2.75) is 13.5 Å². The van der Waals surface area contributed by atoms with E-state index >= 15 is 0 Å². The quantitative estimate of drug-likeness (QED) is 0.769. The van der Waals surface area contributed by atoms with Crippen LogP contribution < -0.4 is 10.6 Å². The van der Waals surface area contributed by atoms with E-state index in [1.807, 2.05) is 31.2 Å². The molecule has 0 spiro atoms. The van der Waals surface area contributed by atoms with Gasteiger partial charge < -0.3 is 15.2 Å². The molecule has 0 saturated heterocycles. The van der Waals surface area contributed by atoms with Crippen molar-refractivity contribution in [3.63, 3.8) is 0 Å². The molecule has 0 unspecified atom stereocenters. The molecule has 1 heterocycles. The van der Waals surface area contributed by atoms with E-state index in [1.54, 1.807) is 0 Å². The molecule has 0 atom stereocenters. The monoisotopic (exact) mass is 326 g/mol. The van der Waals surface area contributed by atoms with Gasteiger partial charge in [-0.2, -0.15) is 4.98 Å². The van der Waals surface area contributed by atoms with Crippen LogP contribution in [0.1, 0.15) is 11.5 Å². The van der Waals surface area contributed by atoms with E-state index in [0.717, 1.165) is 11.1 Å². The number of nitrogens with zero attached hydrogens (tertiary/aromatic N) is 2. The minimum Gasteiger partial charge on any atom is -0.337 e. The maximum absolute atomic E-state index is 12.8. The molecule has 0 aliphatic carbocycles. The van der Waals surface area contributed by atoms with Crippen molar-refractivity contribution in [3.8, 4) is 11.4 Å². The summed E-state index contributed by atoms with van der Waals surface area (Å²) >= 11 is 0. The highest BCUT2D eigenvalue weighted by Crippen LogP contribution is 2.16. The fourth-order valence-electron chi connectivity index (χ4n) is 2.01. The summed E-state index contributed by atoms with van der Waals surface area (Å²) in [5.74, 6) is 0.390. The van der Waals surface area contributed by atoms with Crippen LogP contribution in [0.5, 0.6) is 0 Å². The Kier molecular flexibility index (Phi) is 4.51. The summed E-state index contributed by atoms with van der Waals surface area (Å²) in [5, 5.41) is 9.06. The lowest BCUT2D eigenvalue weighted by Crippen LogP contribution is -2.28. The van der Waals surface area contributed by atoms with Crippen LogP contribution in [0.4, 0.5) is 14.9 Å². The number of hydrogen-bond donors (Lipinski definition) is 2. The second kappa shape index (κ2) is 6.91. The topological polar surface area (TPSA) is 80.0 Å². The van der Waals surface area contributed by atoms with Crippen LogP contribution in [0.25, 0.3) is 11.4 Å². The van der Waals surface area contributed by atoms with Gasteiger partial charge in [0.1, 0.15) is 5.82 Å². The Morgan fingerprint density at radius 1 is 1.12 bits per heavy atom. The lowest BCUT2D eigenvalue weighted by atomic mass is 10.1. The first-order valence-corrected chi connectivity index (χ1v) is 7.30. The number of amides is 2. The lowest BCUT2D eigenvalue weighted by molar-refractivity contribution is 0.249. The number of aromatic nitrogens is 2. The van der Waals surface area contributed by atoms with Gasteiger partial charge in [-0.25, -0.2) is 9.18 Å². The minimum absolute atomic E-state index is 0.0892. The standard InChI is InChI=1S/C17H15FN4O2/c1-11-2-4-12(5-3-11)16-21-15(24-22-16)10-19-17(23)20-14-8-6-13(18)7-9-14/h2-9H,10H2,1H3,(H2,19,20,23). The molecule has 0 fully saturated rings. The highest BCUT2D eigenvalue weighted by atomic mass is 19.1. The minimum atomic E-state index is -0.448. The number of rotatable bonds is 4. The summed E-state index contributed by atoms with van der Waals surface area (Å²) < 4.78 is 17.9. The van der Waals surface area contributed by atoms with Crippen LogP contribution in [0, 0.1) is 12.7 Å². The van der Waals surface area contributed by atoms with E-state index in [0.29, 0.717) is 17.4 Å². The highest BCUT2D eigenvalue weighted by molar-refractivity contribution is 5.89. The summed E-state index contributed by atoms with van der Waals surface area (Å²) in [6, 6.07) is 12.7. The molecular weight excluding hydrogens is 311 g/mol. The Balaban J connectivity index is 1.56. The summed E-state index contributed by atoms with van der Waals surface area (Å²) in [5.41, 5.74) is 2.47. The molecule has 3 rings (SSSR count). The highest BCUT2D eigenvalue weighted by Gasteiger charge is 2.10. The van der Waals surface area contributed by atoms with Gasteiger partial charge in [0, 0.05) is 11.3 Å². The first-order valence-electron chi connectivity index (χ1n) is 7.30. The third-order valence-electron chi connectivity index (χ3n) is 3.28. The predicted molar refractivity (Wildman–Crippen MR) is 86.7 cm³/mol. The molecule has 0 aliphatic rings. The van der Waals surface area contributed by atoms with Crippen molar-refractivity contribution in [1.29, 1.82) is 0 Å². The van der Waals surface area contributed by atoms with Gasteiger partial charge in [-0.15, -0.1) is 0 Å². The van der Waals surface area contributed by atoms with Crippen molar-refractivity contribution >= 4 is 11.7 Å². The van der Waals surface area contributed by atoms with E-state index in [2.05, 4.69) is 20.8 Å². The largest absolute Gasteiger partial charge is 0.337 e. The number of aryl methyl sites for hydroxylation is 1. The van der Waals surface area contributed by atoms with Crippen molar-refractivity contribution in [2.75, 3.05) is 5.32 Å². The van der Waals surface area contributed by atoms with Gasteiger partial charge in [-0.05, 0) is 31.2 Å². The summed E-state index contributed by atoms with van der Waals surface area (Å²) in [6.45, 7) is 2.08. The fraction of sp³-hybridized carbons (Fsp3) is 0.118. The van der Waals surface area contributed by atoms with Crippen molar-refractivity contribution in [1.82, 2.24) is 15.5 Å². The molecule has 122 valence electrons. The zero-order chi connectivity index (χ0) is 16.9. The Morgan fingerprint density at radius 2 is 1.83 bits per heavy atom. The van der Waals surface area contributed by atoms with E-state index in [1.165, 1.54) is 24.3 Å². The first-order chi connectivity index (χ1) is 11.6. The maximum Gasteiger partial charge on any atom is 0.319 e. The average molecular weight is 326 g/mol. The molecule has 2 N–H and O–H groups in total. The lowest BCUT2D eigenvalue weighted by Gasteiger charge is -2.05. The normalized spacial score (nSPS) is 10.4. The number of anilines is 1. The summed E-state index contributed by atoms with van der Waals surface area (Å²) in [6.07, 6.45) is 0. The predicted octanol–water partition coefficient (Wildman–Crippen LogP) is 3.51. The van der Waals surface area contributed by atoms with Gasteiger partial charge in [0.05, 0.1) is 6.54 Å². The number of hydrogen-bond acceptors (Lipinski definition) is 4. The van der Waals surface area contributed by atoms with E-state index in [-0.39, 0.29) is 12.4 Å². The number of urea groups is 1. The number of carbonyl (C=O) groups excluding carboxylic acids is 1. The Bertz CT molecular complexity index is 829. The third-order valence-corrected chi connectivity index (χ3v) is 3.28. The van der Waals surface area contributed by atoms with Gasteiger partial charge in [-0.1, -0.05) is 35.0 Å². The molecular formula is C17H15FN4O2. The number of nitrogens with one attached hydrogen (secondary N) is 2. The smallest absolute Gasteiger partial charge is 0.319 e.